The van der Waals surface area contributed by atoms with Gasteiger partial charge in [-0.2, -0.15) is 17.5 Å². The first-order chi connectivity index (χ1) is 46.2. The predicted molar refractivity (Wildman–Crippen MR) is 400 cm³/mol. The van der Waals surface area contributed by atoms with Gasteiger partial charge in [-0.1, -0.05) is 220 Å². The molecule has 17 heteroatoms. The van der Waals surface area contributed by atoms with Crippen LogP contribution in [-0.2, 0) is 5.60 Å². The number of unbranched alkanes of at least 4 members (excludes halogenated alkanes) is 20. The summed E-state index contributed by atoms with van der Waals surface area (Å²) >= 11 is 9.43. The van der Waals surface area contributed by atoms with E-state index in [1.54, 1.807) is 46.2 Å². The Morgan fingerprint density at radius 3 is 1.30 bits per heavy atom. The first kappa shape index (κ1) is 72.0. The van der Waals surface area contributed by atoms with Crippen LogP contribution in [0.3, 0.4) is 0 Å². The van der Waals surface area contributed by atoms with Gasteiger partial charge in [0.25, 0.3) is 11.4 Å². The van der Waals surface area contributed by atoms with Gasteiger partial charge in [0.1, 0.15) is 44.9 Å². The summed E-state index contributed by atoms with van der Waals surface area (Å²) in [6.45, 7) is 30.1. The Kier molecular flexibility index (Phi) is 28.6. The molecule has 1 aliphatic rings. The van der Waals surface area contributed by atoms with Crippen molar-refractivity contribution in [3.63, 3.8) is 0 Å². The van der Waals surface area contributed by atoms with E-state index in [0.717, 1.165) is 169 Å². The molecule has 0 saturated carbocycles. The summed E-state index contributed by atoms with van der Waals surface area (Å²) in [6.07, 6.45) is 39.4. The maximum Gasteiger partial charge on any atom is 0.262 e. The van der Waals surface area contributed by atoms with Gasteiger partial charge in [-0.15, -0.1) is 45.3 Å². The Morgan fingerprint density at radius 2 is 0.883 bits per heavy atom. The molecule has 496 valence electrons. The number of hydrogen-bond donors (Lipinski definition) is 0. The van der Waals surface area contributed by atoms with E-state index in [2.05, 4.69) is 87.6 Å². The van der Waals surface area contributed by atoms with Gasteiger partial charge >= 0.3 is 0 Å². The van der Waals surface area contributed by atoms with Crippen LogP contribution in [0.2, 0.25) is 0 Å². The van der Waals surface area contributed by atoms with Gasteiger partial charge in [0.15, 0.2) is 0 Å². The van der Waals surface area contributed by atoms with Crippen molar-refractivity contribution in [2.24, 2.45) is 11.8 Å². The normalized spacial score (nSPS) is 13.5. The fourth-order valence-corrected chi connectivity index (χ4v) is 19.1. The number of nitriles is 2. The Hall–Kier alpha value is -6.28. The third kappa shape index (κ3) is 18.4. The van der Waals surface area contributed by atoms with Crippen LogP contribution in [0, 0.1) is 47.6 Å². The number of benzene rings is 2. The van der Waals surface area contributed by atoms with Crippen molar-refractivity contribution >= 4 is 103 Å². The van der Waals surface area contributed by atoms with E-state index in [1.165, 1.54) is 131 Å². The summed E-state index contributed by atoms with van der Waals surface area (Å²) in [5, 5.41) is 19.4. The smallest absolute Gasteiger partial charge is 0.262 e. The topological polar surface area (TPSA) is 136 Å². The monoisotopic (exact) mass is 1370 g/mol. The third-order valence-electron chi connectivity index (χ3n) is 18.7. The molecule has 0 amide bonds. The summed E-state index contributed by atoms with van der Waals surface area (Å²) < 4.78 is 41.3. The molecule has 2 aromatic carbocycles. The maximum absolute atomic E-state index is 9.73. The van der Waals surface area contributed by atoms with E-state index in [-0.39, 0.29) is 11.4 Å². The Labute approximate surface area is 584 Å². The second kappa shape index (κ2) is 37.3. The average Bonchev–Trinajstić information content (AvgIpc) is 1.55. The van der Waals surface area contributed by atoms with Crippen LogP contribution in [0.15, 0.2) is 59.9 Å². The molecule has 9 rings (SSSR count). The molecule has 7 heterocycles. The van der Waals surface area contributed by atoms with Crippen molar-refractivity contribution in [1.29, 1.82) is 10.5 Å². The molecule has 0 radical (unpaired) electrons. The summed E-state index contributed by atoms with van der Waals surface area (Å²) in [6, 6.07) is 21.3. The van der Waals surface area contributed by atoms with Crippen LogP contribution in [0.4, 0.5) is 0 Å². The molecular weight excluding hydrogens is 1280 g/mol. The minimum Gasteiger partial charge on any atom is -0.492 e. The van der Waals surface area contributed by atoms with Crippen molar-refractivity contribution in [1.82, 2.24) is 17.5 Å². The molecule has 0 N–H and O–H groups in total. The van der Waals surface area contributed by atoms with Crippen LogP contribution >= 0.6 is 68.8 Å². The third-order valence-corrected chi connectivity index (χ3v) is 24.8. The molecule has 1 aliphatic heterocycles. The van der Waals surface area contributed by atoms with E-state index >= 15 is 0 Å². The highest BCUT2D eigenvalue weighted by molar-refractivity contribution is 7.30. The number of fused-ring (bicyclic) bond motifs is 5. The summed E-state index contributed by atoms with van der Waals surface area (Å²) in [5.41, 5.74) is 6.87. The van der Waals surface area contributed by atoms with Crippen LogP contribution in [0.25, 0.3) is 94.1 Å². The number of allylic oxidation sites excluding steroid dienone is 2. The highest BCUT2D eigenvalue weighted by atomic mass is 32.1. The fourth-order valence-electron chi connectivity index (χ4n) is 12.9. The molecule has 6 aromatic heterocycles. The van der Waals surface area contributed by atoms with Crippen LogP contribution in [-0.4, -0.2) is 30.7 Å². The lowest BCUT2D eigenvalue weighted by Crippen LogP contribution is -2.35. The first-order valence-electron chi connectivity index (χ1n) is 35.2. The summed E-state index contributed by atoms with van der Waals surface area (Å²) in [5.74, 6) is 3.51. The van der Waals surface area contributed by atoms with Crippen molar-refractivity contribution < 1.29 is 14.2 Å². The fraction of sp³-hybridized carbons (Fsp3) is 0.532. The zero-order chi connectivity index (χ0) is 66.1. The number of thiophene rings is 4. The average molecular weight is 1370 g/mol. The zero-order valence-corrected chi connectivity index (χ0v) is 61.2. The molecule has 8 aromatic rings. The lowest BCUT2D eigenvalue weighted by Gasteiger charge is -2.38. The van der Waals surface area contributed by atoms with E-state index in [0.29, 0.717) is 47.2 Å². The number of hydrogen-bond acceptors (Lipinski definition) is 15. The van der Waals surface area contributed by atoms with Crippen molar-refractivity contribution in [2.45, 2.75) is 240 Å². The van der Waals surface area contributed by atoms with Gasteiger partial charge in [-0.25, -0.2) is 20.2 Å². The van der Waals surface area contributed by atoms with Crippen LogP contribution in [0.5, 0.6) is 17.2 Å². The Bertz CT molecular complexity index is 3900. The van der Waals surface area contributed by atoms with Crippen molar-refractivity contribution in [3.8, 4) is 79.5 Å². The van der Waals surface area contributed by atoms with Gasteiger partial charge in [0, 0.05) is 37.4 Å². The van der Waals surface area contributed by atoms with E-state index in [9.17, 15) is 10.5 Å². The number of rotatable bonds is 42. The lowest BCUT2D eigenvalue weighted by atomic mass is 9.81. The molecule has 0 spiro atoms. The molecule has 94 heavy (non-hydrogen) atoms. The molecule has 0 fully saturated rings. The van der Waals surface area contributed by atoms with Gasteiger partial charge in [0.2, 0.25) is 0 Å². The largest absolute Gasteiger partial charge is 0.492 e. The maximum atomic E-state index is 9.73. The Balaban J connectivity index is 1.17. The van der Waals surface area contributed by atoms with Crippen molar-refractivity contribution in [2.75, 3.05) is 13.2 Å². The van der Waals surface area contributed by atoms with E-state index in [4.69, 9.17) is 44.8 Å². The molecule has 0 aliphatic carbocycles. The van der Waals surface area contributed by atoms with Gasteiger partial charge in [-0.05, 0) is 91.8 Å². The highest BCUT2D eigenvalue weighted by Crippen LogP contribution is 2.61. The predicted octanol–water partition coefficient (Wildman–Crippen LogP) is 26.2. The standard InChI is InChI=1S/C77H94N8O3S6/c1-9-15-19-21-23-25-27-29-31-33-41-77(42-34-32-30-28-26-24-22-20-16-10-2)61-45-67(74-62(86-51-53(13-5)35-17-11-3)46-65(89-74)59-39-37-55(43-57(49-78)80-7)69-71(59)84-93-82-69)91-73(61)76-64(88-77)48-68(92-76)75-63(87-52-54(14-6)36-18-12-4)47-66(90-75)60-40-38-56(44-58(50-79)81-8)70-72(60)85-94-83-70/h37-40,43-48,53-54H,9-36,41-42,51-52H2,1-6H3/b57-43-,58-44+. The zero-order valence-electron chi connectivity index (χ0n) is 56.3. The highest BCUT2D eigenvalue weighted by Gasteiger charge is 2.44. The van der Waals surface area contributed by atoms with Crippen molar-refractivity contribution in [3.05, 3.63) is 99.4 Å². The minimum atomic E-state index is -0.550. The Morgan fingerprint density at radius 1 is 0.489 bits per heavy atom. The second-order valence-electron chi connectivity index (χ2n) is 25.5. The molecule has 2 unspecified atom stereocenters. The number of aromatic nitrogens is 4. The van der Waals surface area contributed by atoms with Gasteiger partial charge in [-0.3, -0.25) is 0 Å². The van der Waals surface area contributed by atoms with Gasteiger partial charge in [0.05, 0.1) is 86.3 Å². The molecule has 0 bridgehead atoms. The van der Waals surface area contributed by atoms with Crippen LogP contribution < -0.4 is 14.2 Å². The number of nitrogens with zero attached hydrogens (tertiary/aromatic N) is 8. The van der Waals surface area contributed by atoms with E-state index in [1.807, 2.05) is 35.6 Å². The molecular formula is C77H94N8O3S6. The first-order valence-corrected chi connectivity index (χ1v) is 39.9. The number of ether oxygens (including phenoxy) is 3. The summed E-state index contributed by atoms with van der Waals surface area (Å²) in [7, 11) is 0. The lowest BCUT2D eigenvalue weighted by molar-refractivity contribution is 0.0398. The molecule has 0 saturated heterocycles. The van der Waals surface area contributed by atoms with Gasteiger partial charge < -0.3 is 14.2 Å². The minimum absolute atomic E-state index is 0.00352. The van der Waals surface area contributed by atoms with E-state index < -0.39 is 5.60 Å². The van der Waals surface area contributed by atoms with Crippen LogP contribution in [0.1, 0.15) is 251 Å². The SMILES string of the molecule is [C-]#[N+]/C(C#N)=C\c1ccc(-c2cc(OCC(CC)CCCC)c(-c3cc4c(s3)-c3sc(-c5sc(-c6ccc(/C=C(\C#N)[N+]#[C-])c7nsnc67)cc5OCC(CC)CCCC)cc3OC4(CCCCCCCCCCCC)CCCCCCCCCCCC)s2)c2nsnc12. The molecule has 2 atom stereocenters. The summed E-state index contributed by atoms with van der Waals surface area (Å²) in [4.78, 5) is 15.8. The molecule has 11 nitrogen and oxygen atoms in total. The quantitative estimate of drug-likeness (QED) is 0.0208. The second-order valence-corrected chi connectivity index (χ2v) is 30.8.